The molecule has 2 unspecified atom stereocenters. The van der Waals surface area contributed by atoms with Crippen molar-refractivity contribution >= 4 is 0 Å². The fraction of sp³-hybridized carbons (Fsp3) is 0.700. The summed E-state index contributed by atoms with van der Waals surface area (Å²) in [5, 5.41) is 3.83. The van der Waals surface area contributed by atoms with Crippen molar-refractivity contribution in [2.75, 3.05) is 19.6 Å². The van der Waals surface area contributed by atoms with Crippen molar-refractivity contribution in [3.8, 4) is 0 Å². The average Bonchev–Trinajstić information content (AvgIpc) is 3.36. The molecule has 1 aliphatic heterocycles. The van der Waals surface area contributed by atoms with Crippen LogP contribution in [0.1, 0.15) is 51.0 Å². The minimum Gasteiger partial charge on any atom is -0.309 e. The van der Waals surface area contributed by atoms with E-state index in [1.165, 1.54) is 63.7 Å². The summed E-state index contributed by atoms with van der Waals surface area (Å²) in [6, 6.07) is 11.5. The van der Waals surface area contributed by atoms with Crippen LogP contribution >= 0.6 is 0 Å². The monoisotopic (exact) mass is 300 g/mol. The van der Waals surface area contributed by atoms with E-state index in [-0.39, 0.29) is 0 Å². The number of likely N-dealkylation sites (tertiary alicyclic amines) is 1. The predicted molar refractivity (Wildman–Crippen MR) is 93.9 cm³/mol. The van der Waals surface area contributed by atoms with Gasteiger partial charge in [0, 0.05) is 32.2 Å². The number of unbranched alkanes of at least 4 members (excludes halogenated alkanes) is 1. The fourth-order valence-electron chi connectivity index (χ4n) is 3.83. The molecular weight excluding hydrogens is 268 g/mol. The van der Waals surface area contributed by atoms with E-state index >= 15 is 0 Å². The second-order valence-electron chi connectivity index (χ2n) is 7.47. The summed E-state index contributed by atoms with van der Waals surface area (Å²) in [5.74, 6) is 1.92. The lowest BCUT2D eigenvalue weighted by molar-refractivity contribution is 0.129. The molecule has 2 heteroatoms. The van der Waals surface area contributed by atoms with E-state index in [1.54, 1.807) is 0 Å². The van der Waals surface area contributed by atoms with Crippen molar-refractivity contribution in [1.82, 2.24) is 10.2 Å². The van der Waals surface area contributed by atoms with Crippen LogP contribution < -0.4 is 5.32 Å². The van der Waals surface area contributed by atoms with Gasteiger partial charge in [0.2, 0.25) is 0 Å². The molecule has 22 heavy (non-hydrogen) atoms. The number of nitrogens with zero attached hydrogens (tertiary/aromatic N) is 1. The quantitative estimate of drug-likeness (QED) is 0.778. The van der Waals surface area contributed by atoms with Gasteiger partial charge in [0.15, 0.2) is 0 Å². The summed E-state index contributed by atoms with van der Waals surface area (Å²) in [7, 11) is 0. The summed E-state index contributed by atoms with van der Waals surface area (Å²) in [4.78, 5) is 2.75. The van der Waals surface area contributed by atoms with Crippen molar-refractivity contribution < 1.29 is 0 Å². The third-order valence-electron chi connectivity index (χ3n) is 5.23. The van der Waals surface area contributed by atoms with Crippen LogP contribution in [0.4, 0.5) is 0 Å². The lowest BCUT2D eigenvalue weighted by atomic mass is 9.89. The first-order valence-electron chi connectivity index (χ1n) is 9.33. The molecule has 0 amide bonds. The molecule has 1 aliphatic carbocycles. The normalized spacial score (nSPS) is 26.2. The molecule has 2 aliphatic rings. The Bertz CT molecular complexity index is 427. The number of hydrogen-bond donors (Lipinski definition) is 1. The highest BCUT2D eigenvalue weighted by Crippen LogP contribution is 2.32. The van der Waals surface area contributed by atoms with Gasteiger partial charge in [-0.15, -0.1) is 0 Å². The van der Waals surface area contributed by atoms with Crippen LogP contribution in [0.25, 0.3) is 0 Å². The summed E-state index contributed by atoms with van der Waals surface area (Å²) < 4.78 is 0. The molecule has 1 aromatic rings. The highest BCUT2D eigenvalue weighted by Gasteiger charge is 2.31. The molecule has 1 heterocycles. The molecule has 2 fully saturated rings. The largest absolute Gasteiger partial charge is 0.309 e. The van der Waals surface area contributed by atoms with Crippen molar-refractivity contribution in [3.05, 3.63) is 35.9 Å². The SMILES string of the molecule is CCCCC1CC(NCc2ccccc2)CN(CC2CC2)C1. The maximum absolute atomic E-state index is 3.83. The Labute approximate surface area is 136 Å². The van der Waals surface area contributed by atoms with Crippen LogP contribution in [-0.2, 0) is 6.54 Å². The molecule has 2 nitrogen and oxygen atoms in total. The molecule has 1 saturated heterocycles. The van der Waals surface area contributed by atoms with Crippen LogP contribution in [0.15, 0.2) is 30.3 Å². The predicted octanol–water partition coefficient (Wildman–Crippen LogP) is 4.07. The van der Waals surface area contributed by atoms with Crippen molar-refractivity contribution in [1.29, 1.82) is 0 Å². The van der Waals surface area contributed by atoms with Gasteiger partial charge < -0.3 is 10.2 Å². The lowest BCUT2D eigenvalue weighted by Crippen LogP contribution is -2.49. The standard InChI is InChI=1S/C20H32N2/c1-2-3-7-19-12-20(16-22(15-19)14-18-10-11-18)21-13-17-8-5-4-6-9-17/h4-6,8-9,18-21H,2-3,7,10-16H2,1H3. The number of benzene rings is 1. The Morgan fingerprint density at radius 3 is 2.64 bits per heavy atom. The Hall–Kier alpha value is -0.860. The van der Waals surface area contributed by atoms with Gasteiger partial charge in [0.1, 0.15) is 0 Å². The van der Waals surface area contributed by atoms with E-state index < -0.39 is 0 Å². The van der Waals surface area contributed by atoms with Crippen molar-refractivity contribution in [3.63, 3.8) is 0 Å². The van der Waals surface area contributed by atoms with Gasteiger partial charge in [0.05, 0.1) is 0 Å². The van der Waals surface area contributed by atoms with E-state index in [1.807, 2.05) is 0 Å². The molecule has 122 valence electrons. The maximum atomic E-state index is 3.83. The highest BCUT2D eigenvalue weighted by atomic mass is 15.2. The zero-order chi connectivity index (χ0) is 15.2. The zero-order valence-corrected chi connectivity index (χ0v) is 14.1. The van der Waals surface area contributed by atoms with E-state index in [2.05, 4.69) is 47.5 Å². The van der Waals surface area contributed by atoms with Crippen molar-refractivity contribution in [2.24, 2.45) is 11.8 Å². The molecule has 1 saturated carbocycles. The Kier molecular flexibility index (Phi) is 5.91. The summed E-state index contributed by atoms with van der Waals surface area (Å²) >= 11 is 0. The third-order valence-corrected chi connectivity index (χ3v) is 5.23. The zero-order valence-electron chi connectivity index (χ0n) is 14.1. The molecule has 2 atom stereocenters. The Morgan fingerprint density at radius 2 is 1.91 bits per heavy atom. The van der Waals surface area contributed by atoms with Crippen LogP contribution in [0.3, 0.4) is 0 Å². The molecule has 1 aromatic carbocycles. The van der Waals surface area contributed by atoms with Gasteiger partial charge in [-0.05, 0) is 43.1 Å². The highest BCUT2D eigenvalue weighted by molar-refractivity contribution is 5.14. The van der Waals surface area contributed by atoms with Gasteiger partial charge in [-0.3, -0.25) is 0 Å². The first-order chi connectivity index (χ1) is 10.8. The van der Waals surface area contributed by atoms with E-state index in [0.717, 1.165) is 18.4 Å². The second kappa shape index (κ2) is 8.12. The van der Waals surface area contributed by atoms with Crippen LogP contribution in [0.5, 0.6) is 0 Å². The van der Waals surface area contributed by atoms with Crippen LogP contribution in [-0.4, -0.2) is 30.6 Å². The summed E-state index contributed by atoms with van der Waals surface area (Å²) in [5.41, 5.74) is 1.41. The lowest BCUT2D eigenvalue weighted by Gasteiger charge is -2.38. The van der Waals surface area contributed by atoms with E-state index in [4.69, 9.17) is 0 Å². The van der Waals surface area contributed by atoms with E-state index in [9.17, 15) is 0 Å². The van der Waals surface area contributed by atoms with Gasteiger partial charge in [-0.25, -0.2) is 0 Å². The minimum absolute atomic E-state index is 0.676. The topological polar surface area (TPSA) is 15.3 Å². The molecule has 0 bridgehead atoms. The van der Waals surface area contributed by atoms with E-state index in [0.29, 0.717) is 6.04 Å². The van der Waals surface area contributed by atoms with Crippen molar-refractivity contribution in [2.45, 2.75) is 58.0 Å². The summed E-state index contributed by atoms with van der Waals surface area (Å²) in [6.45, 7) is 7.29. The smallest absolute Gasteiger partial charge is 0.0208 e. The van der Waals surface area contributed by atoms with Crippen LogP contribution in [0.2, 0.25) is 0 Å². The van der Waals surface area contributed by atoms with Gasteiger partial charge in [-0.2, -0.15) is 0 Å². The molecule has 0 spiro atoms. The maximum Gasteiger partial charge on any atom is 0.0208 e. The van der Waals surface area contributed by atoms with Crippen LogP contribution in [0, 0.1) is 11.8 Å². The molecule has 3 rings (SSSR count). The van der Waals surface area contributed by atoms with Gasteiger partial charge in [0.25, 0.3) is 0 Å². The third kappa shape index (κ3) is 5.10. The average molecular weight is 300 g/mol. The Morgan fingerprint density at radius 1 is 1.09 bits per heavy atom. The number of rotatable bonds is 8. The first kappa shape index (κ1) is 16.0. The number of hydrogen-bond acceptors (Lipinski definition) is 2. The minimum atomic E-state index is 0.676. The van der Waals surface area contributed by atoms with Gasteiger partial charge >= 0.3 is 0 Å². The fourth-order valence-corrected chi connectivity index (χ4v) is 3.83. The number of piperidine rings is 1. The molecule has 1 N–H and O–H groups in total. The Balaban J connectivity index is 1.51. The molecule has 0 radical (unpaired) electrons. The first-order valence-corrected chi connectivity index (χ1v) is 9.33. The second-order valence-corrected chi connectivity index (χ2v) is 7.47. The molecule has 0 aromatic heterocycles. The van der Waals surface area contributed by atoms with Gasteiger partial charge in [-0.1, -0.05) is 50.1 Å². The summed E-state index contributed by atoms with van der Waals surface area (Å²) in [6.07, 6.45) is 8.46. The molecular formula is C20H32N2. The number of nitrogens with one attached hydrogen (secondary N) is 1.